The van der Waals surface area contributed by atoms with Crippen molar-refractivity contribution in [2.24, 2.45) is 0 Å². The topological polar surface area (TPSA) is 29.5 Å². The van der Waals surface area contributed by atoms with Crippen molar-refractivity contribution in [3.05, 3.63) is 22.2 Å². The minimum Gasteiger partial charge on any atom is -0.385 e. The number of ether oxygens (including phenoxy) is 1. The second kappa shape index (κ2) is 5.10. The van der Waals surface area contributed by atoms with Crippen LogP contribution in [0.25, 0.3) is 0 Å². The quantitative estimate of drug-likeness (QED) is 0.788. The van der Waals surface area contributed by atoms with Crippen molar-refractivity contribution in [3.63, 3.8) is 0 Å². The van der Waals surface area contributed by atoms with Gasteiger partial charge >= 0.3 is 0 Å². The van der Waals surface area contributed by atoms with Gasteiger partial charge in [0.05, 0.1) is 12.2 Å². The van der Waals surface area contributed by atoms with E-state index >= 15 is 0 Å². The molecule has 0 aromatic carbocycles. The van der Waals surface area contributed by atoms with E-state index in [4.69, 9.17) is 4.74 Å². The largest absolute Gasteiger partial charge is 0.385 e. The molecule has 0 saturated heterocycles. The Balaban J connectivity index is 2.58. The number of halogens is 1. The molecule has 14 heavy (non-hydrogen) atoms. The second-order valence-corrected chi connectivity index (χ2v) is 4.70. The SMILES string of the molecule is CCCOCC1=CC(Br)=CCC1(C)O. The molecule has 0 aromatic rings. The van der Waals surface area contributed by atoms with Crippen LogP contribution in [-0.4, -0.2) is 23.9 Å². The van der Waals surface area contributed by atoms with Gasteiger partial charge in [-0.25, -0.2) is 0 Å². The van der Waals surface area contributed by atoms with Crippen LogP contribution in [0, 0.1) is 0 Å². The maximum atomic E-state index is 10.0. The molecule has 0 spiro atoms. The van der Waals surface area contributed by atoms with Crippen molar-refractivity contribution in [3.8, 4) is 0 Å². The molecular weight excluding hydrogens is 244 g/mol. The summed E-state index contributed by atoms with van der Waals surface area (Å²) in [6.07, 6.45) is 5.57. The molecule has 1 aliphatic carbocycles. The summed E-state index contributed by atoms with van der Waals surface area (Å²) in [6.45, 7) is 5.16. The van der Waals surface area contributed by atoms with Crippen LogP contribution < -0.4 is 0 Å². The summed E-state index contributed by atoms with van der Waals surface area (Å²) in [5, 5.41) is 10.0. The lowest BCUT2D eigenvalue weighted by molar-refractivity contribution is 0.0679. The maximum absolute atomic E-state index is 10.0. The lowest BCUT2D eigenvalue weighted by atomic mass is 9.89. The highest BCUT2D eigenvalue weighted by molar-refractivity contribution is 9.11. The molecule has 1 N–H and O–H groups in total. The van der Waals surface area contributed by atoms with Gasteiger partial charge in [-0.2, -0.15) is 0 Å². The van der Waals surface area contributed by atoms with Crippen molar-refractivity contribution in [2.45, 2.75) is 32.3 Å². The molecule has 0 radical (unpaired) electrons. The Morgan fingerprint density at radius 1 is 1.64 bits per heavy atom. The van der Waals surface area contributed by atoms with Gasteiger partial charge in [0, 0.05) is 11.1 Å². The van der Waals surface area contributed by atoms with Gasteiger partial charge in [0.2, 0.25) is 0 Å². The minimum atomic E-state index is -0.745. The third-order valence-corrected chi connectivity index (χ3v) is 2.86. The van der Waals surface area contributed by atoms with Gasteiger partial charge in [-0.05, 0) is 31.4 Å². The summed E-state index contributed by atoms with van der Waals surface area (Å²) in [6, 6.07) is 0. The van der Waals surface area contributed by atoms with Crippen molar-refractivity contribution in [1.82, 2.24) is 0 Å². The molecule has 3 heteroatoms. The maximum Gasteiger partial charge on any atom is 0.0889 e. The average Bonchev–Trinajstić information content (AvgIpc) is 2.12. The number of aliphatic hydroxyl groups is 1. The number of hydrogen-bond donors (Lipinski definition) is 1. The summed E-state index contributed by atoms with van der Waals surface area (Å²) in [7, 11) is 0. The molecule has 1 atom stereocenters. The van der Waals surface area contributed by atoms with Crippen molar-refractivity contribution in [2.75, 3.05) is 13.2 Å². The number of allylic oxidation sites excluding steroid dienone is 2. The van der Waals surface area contributed by atoms with Crippen LogP contribution in [0.15, 0.2) is 22.2 Å². The van der Waals surface area contributed by atoms with Crippen molar-refractivity contribution in [1.29, 1.82) is 0 Å². The number of hydrogen-bond acceptors (Lipinski definition) is 2. The van der Waals surface area contributed by atoms with Crippen LogP contribution in [0.4, 0.5) is 0 Å². The standard InChI is InChI=1S/C11H17BrO2/c1-3-6-14-8-9-7-10(12)4-5-11(9,2)13/h4,7,13H,3,5-6,8H2,1-2H3. The first-order chi connectivity index (χ1) is 6.56. The third-order valence-electron chi connectivity index (χ3n) is 2.30. The van der Waals surface area contributed by atoms with Gasteiger partial charge < -0.3 is 9.84 Å². The Kier molecular flexibility index (Phi) is 4.35. The molecular formula is C11H17BrO2. The normalized spacial score (nSPS) is 27.1. The highest BCUT2D eigenvalue weighted by Gasteiger charge is 2.27. The van der Waals surface area contributed by atoms with Gasteiger partial charge in [-0.15, -0.1) is 0 Å². The zero-order chi connectivity index (χ0) is 10.6. The summed E-state index contributed by atoms with van der Waals surface area (Å²) in [5.41, 5.74) is 0.200. The van der Waals surface area contributed by atoms with E-state index in [9.17, 15) is 5.11 Å². The molecule has 2 nitrogen and oxygen atoms in total. The van der Waals surface area contributed by atoms with Crippen molar-refractivity contribution >= 4 is 15.9 Å². The van der Waals surface area contributed by atoms with Crippen LogP contribution in [0.1, 0.15) is 26.7 Å². The Morgan fingerprint density at radius 3 is 3.00 bits per heavy atom. The van der Waals surface area contributed by atoms with E-state index in [2.05, 4.69) is 22.9 Å². The molecule has 1 rings (SSSR count). The monoisotopic (exact) mass is 260 g/mol. The van der Waals surface area contributed by atoms with Gasteiger partial charge in [0.25, 0.3) is 0 Å². The predicted octanol–water partition coefficient (Wildman–Crippen LogP) is 2.77. The Bertz CT molecular complexity index is 254. The Hall–Kier alpha value is -0.120. The van der Waals surface area contributed by atoms with Crippen LogP contribution in [0.5, 0.6) is 0 Å². The molecule has 0 aromatic heterocycles. The van der Waals surface area contributed by atoms with E-state index in [1.165, 1.54) is 0 Å². The predicted molar refractivity (Wildman–Crippen MR) is 61.4 cm³/mol. The van der Waals surface area contributed by atoms with E-state index in [1.807, 2.05) is 19.1 Å². The molecule has 0 saturated carbocycles. The summed E-state index contributed by atoms with van der Waals surface area (Å²) >= 11 is 3.41. The minimum absolute atomic E-state index is 0.518. The fourth-order valence-electron chi connectivity index (χ4n) is 1.33. The molecule has 1 unspecified atom stereocenters. The Morgan fingerprint density at radius 2 is 2.36 bits per heavy atom. The molecule has 80 valence electrons. The first kappa shape index (κ1) is 12.0. The van der Waals surface area contributed by atoms with E-state index in [-0.39, 0.29) is 0 Å². The zero-order valence-electron chi connectivity index (χ0n) is 8.72. The van der Waals surface area contributed by atoms with Gasteiger partial charge in [0.1, 0.15) is 0 Å². The summed E-state index contributed by atoms with van der Waals surface area (Å²) in [4.78, 5) is 0. The Labute approximate surface area is 93.8 Å². The smallest absolute Gasteiger partial charge is 0.0889 e. The van der Waals surface area contributed by atoms with Crippen LogP contribution >= 0.6 is 15.9 Å². The fourth-order valence-corrected chi connectivity index (χ4v) is 1.77. The van der Waals surface area contributed by atoms with Crippen LogP contribution in [0.2, 0.25) is 0 Å². The van der Waals surface area contributed by atoms with Crippen LogP contribution in [0.3, 0.4) is 0 Å². The van der Waals surface area contributed by atoms with Crippen molar-refractivity contribution < 1.29 is 9.84 Å². The first-order valence-corrected chi connectivity index (χ1v) is 5.72. The lowest BCUT2D eigenvalue weighted by Gasteiger charge is -2.28. The van der Waals surface area contributed by atoms with E-state index in [1.54, 1.807) is 0 Å². The van der Waals surface area contributed by atoms with Gasteiger partial charge in [0.15, 0.2) is 0 Å². The molecule has 0 aliphatic heterocycles. The summed E-state index contributed by atoms with van der Waals surface area (Å²) < 4.78 is 6.46. The fraction of sp³-hybridized carbons (Fsp3) is 0.636. The van der Waals surface area contributed by atoms with Crippen LogP contribution in [-0.2, 0) is 4.74 Å². The van der Waals surface area contributed by atoms with E-state index in [0.29, 0.717) is 13.0 Å². The van der Waals surface area contributed by atoms with E-state index in [0.717, 1.165) is 23.1 Å². The van der Waals surface area contributed by atoms with Gasteiger partial charge in [-0.1, -0.05) is 28.9 Å². The highest BCUT2D eigenvalue weighted by Crippen LogP contribution is 2.30. The average molecular weight is 261 g/mol. The molecule has 0 heterocycles. The lowest BCUT2D eigenvalue weighted by Crippen LogP contribution is -2.30. The van der Waals surface area contributed by atoms with E-state index < -0.39 is 5.60 Å². The zero-order valence-corrected chi connectivity index (χ0v) is 10.3. The summed E-state index contributed by atoms with van der Waals surface area (Å²) in [5.74, 6) is 0. The molecule has 0 fully saturated rings. The molecule has 0 amide bonds. The molecule has 0 bridgehead atoms. The second-order valence-electron chi connectivity index (χ2n) is 3.79. The number of rotatable bonds is 4. The van der Waals surface area contributed by atoms with Gasteiger partial charge in [-0.3, -0.25) is 0 Å². The first-order valence-electron chi connectivity index (χ1n) is 4.93. The highest BCUT2D eigenvalue weighted by atomic mass is 79.9. The molecule has 1 aliphatic rings. The third kappa shape index (κ3) is 3.23.